The van der Waals surface area contributed by atoms with Gasteiger partial charge in [-0.05, 0) is 96.2 Å². The number of nitroso groups, excluding NO2 is 1. The van der Waals surface area contributed by atoms with Gasteiger partial charge in [0.05, 0.1) is 13.7 Å². The van der Waals surface area contributed by atoms with Gasteiger partial charge in [0.25, 0.3) is 0 Å². The molecule has 1 heterocycles. The first kappa shape index (κ1) is 27.1. The van der Waals surface area contributed by atoms with Crippen molar-refractivity contribution in [2.24, 2.45) is 10.6 Å². The summed E-state index contributed by atoms with van der Waals surface area (Å²) in [6.45, 7) is 4.46. The van der Waals surface area contributed by atoms with E-state index in [2.05, 4.69) is 70.7 Å². The lowest BCUT2D eigenvalue weighted by Crippen LogP contribution is -2.29. The largest absolute Gasteiger partial charge is 0.497 e. The lowest BCUT2D eigenvalue weighted by atomic mass is 9.86. The van der Waals surface area contributed by atoms with E-state index in [9.17, 15) is 4.91 Å². The highest BCUT2D eigenvalue weighted by atomic mass is 16.5. The normalized spacial score (nSPS) is 17.3. The molecule has 1 saturated heterocycles. The summed E-state index contributed by atoms with van der Waals surface area (Å²) in [7, 11) is 1.68. The minimum Gasteiger partial charge on any atom is -0.497 e. The average Bonchev–Trinajstić information content (AvgIpc) is 3.62. The lowest BCUT2D eigenvalue weighted by Gasteiger charge is -2.23. The van der Waals surface area contributed by atoms with Gasteiger partial charge in [-0.3, -0.25) is 4.90 Å². The van der Waals surface area contributed by atoms with E-state index in [1.54, 1.807) is 7.11 Å². The molecule has 1 saturated carbocycles. The van der Waals surface area contributed by atoms with Gasteiger partial charge in [-0.15, -0.1) is 0 Å². The third-order valence-corrected chi connectivity index (χ3v) is 8.48. The van der Waals surface area contributed by atoms with Crippen molar-refractivity contribution in [2.45, 2.75) is 44.9 Å². The van der Waals surface area contributed by atoms with E-state index in [0.29, 0.717) is 25.0 Å². The van der Waals surface area contributed by atoms with Crippen molar-refractivity contribution in [3.05, 3.63) is 100 Å². The molecule has 204 valence electrons. The zero-order chi connectivity index (χ0) is 26.9. The molecule has 1 aliphatic heterocycles. The van der Waals surface area contributed by atoms with Crippen molar-refractivity contribution in [3.8, 4) is 11.5 Å². The van der Waals surface area contributed by atoms with Gasteiger partial charge < -0.3 is 9.47 Å². The maximum Gasteiger partial charge on any atom is 0.119 e. The summed E-state index contributed by atoms with van der Waals surface area (Å²) in [5.41, 5.74) is 6.34. The second-order valence-electron chi connectivity index (χ2n) is 11.0. The third-order valence-electron chi connectivity index (χ3n) is 8.48. The first-order valence-electron chi connectivity index (χ1n) is 14.4. The summed E-state index contributed by atoms with van der Waals surface area (Å²) in [4.78, 5) is 13.5. The van der Waals surface area contributed by atoms with Crippen molar-refractivity contribution < 1.29 is 9.47 Å². The second-order valence-corrected chi connectivity index (χ2v) is 11.0. The molecule has 0 radical (unpaired) electrons. The fraction of sp³-hybridized carbons (Fsp3) is 0.412. The van der Waals surface area contributed by atoms with Gasteiger partial charge in [0, 0.05) is 13.1 Å². The topological polar surface area (TPSA) is 51.1 Å². The van der Waals surface area contributed by atoms with Gasteiger partial charge in [-0.2, -0.15) is 4.91 Å². The standard InChI is InChI=1S/C34H40N2O3/c1-38-30-15-11-28(12-16-30)33(32(10-7-22-35-37)27-8-3-2-4-9-27)29-13-17-31(18-14-29)39-25-24-36-23-21-34(26-36)19-5-6-20-34/h2-4,8-9,11-18H,5-7,10,19-26H2,1H3/b33-32-. The Labute approximate surface area is 232 Å². The zero-order valence-electron chi connectivity index (χ0n) is 23.1. The fourth-order valence-corrected chi connectivity index (χ4v) is 6.41. The van der Waals surface area contributed by atoms with E-state index in [-0.39, 0.29) is 0 Å². The van der Waals surface area contributed by atoms with Crippen molar-refractivity contribution in [1.29, 1.82) is 0 Å². The number of methoxy groups -OCH3 is 1. The van der Waals surface area contributed by atoms with E-state index < -0.39 is 0 Å². The Balaban J connectivity index is 1.36. The summed E-state index contributed by atoms with van der Waals surface area (Å²) in [6, 6.07) is 27.1. The predicted octanol–water partition coefficient (Wildman–Crippen LogP) is 7.85. The maximum atomic E-state index is 10.9. The molecule has 5 rings (SSSR count). The molecule has 0 N–H and O–H groups in total. The number of hydrogen-bond donors (Lipinski definition) is 0. The van der Waals surface area contributed by atoms with E-state index in [4.69, 9.17) is 9.47 Å². The number of rotatable bonds is 12. The van der Waals surface area contributed by atoms with E-state index >= 15 is 0 Å². The Bertz CT molecular complexity index is 1230. The van der Waals surface area contributed by atoms with Crippen LogP contribution in [0.4, 0.5) is 0 Å². The maximum absolute atomic E-state index is 10.9. The van der Waals surface area contributed by atoms with Gasteiger partial charge in [0.15, 0.2) is 0 Å². The van der Waals surface area contributed by atoms with Crippen LogP contribution in [0.15, 0.2) is 84.0 Å². The average molecular weight is 525 g/mol. The molecule has 2 aliphatic rings. The number of benzene rings is 3. The van der Waals surface area contributed by atoms with Crippen LogP contribution in [0.25, 0.3) is 11.1 Å². The SMILES string of the molecule is COc1ccc(/C(=C(\CCCN=O)c2ccccc2)c2ccc(OCCN3CCC4(CCCC4)C3)cc2)cc1. The number of likely N-dealkylation sites (tertiary alicyclic amines) is 1. The minimum absolute atomic E-state index is 0.303. The first-order chi connectivity index (χ1) is 19.2. The molecule has 5 heteroatoms. The number of nitrogens with zero attached hydrogens (tertiary/aromatic N) is 2. The summed E-state index contributed by atoms with van der Waals surface area (Å²) in [6.07, 6.45) is 8.44. The quantitative estimate of drug-likeness (QED) is 0.138. The zero-order valence-corrected chi connectivity index (χ0v) is 23.1. The Hall–Kier alpha value is -3.44. The number of hydrogen-bond acceptors (Lipinski definition) is 5. The highest BCUT2D eigenvalue weighted by Gasteiger charge is 2.39. The van der Waals surface area contributed by atoms with Gasteiger partial charge in [-0.1, -0.05) is 72.6 Å². The summed E-state index contributed by atoms with van der Waals surface area (Å²) in [5.74, 6) is 1.72. The molecule has 5 nitrogen and oxygen atoms in total. The molecular weight excluding hydrogens is 484 g/mol. The molecular formula is C34H40N2O3. The van der Waals surface area contributed by atoms with Crippen LogP contribution in [0.1, 0.15) is 61.6 Å². The first-order valence-corrected chi connectivity index (χ1v) is 14.4. The second kappa shape index (κ2) is 13.1. The van der Waals surface area contributed by atoms with Crippen LogP contribution in [0.3, 0.4) is 0 Å². The number of ether oxygens (including phenoxy) is 2. The fourth-order valence-electron chi connectivity index (χ4n) is 6.41. The van der Waals surface area contributed by atoms with Crippen LogP contribution in [0.2, 0.25) is 0 Å². The molecule has 0 aromatic heterocycles. The van der Waals surface area contributed by atoms with Crippen molar-refractivity contribution in [3.63, 3.8) is 0 Å². The Kier molecular flexibility index (Phi) is 9.10. The van der Waals surface area contributed by atoms with Crippen LogP contribution in [-0.4, -0.2) is 44.8 Å². The molecule has 0 bridgehead atoms. The molecule has 3 aromatic rings. The Morgan fingerprint density at radius 3 is 2.15 bits per heavy atom. The predicted molar refractivity (Wildman–Crippen MR) is 159 cm³/mol. The van der Waals surface area contributed by atoms with Gasteiger partial charge in [-0.25, -0.2) is 0 Å². The van der Waals surface area contributed by atoms with E-state index in [0.717, 1.165) is 46.7 Å². The van der Waals surface area contributed by atoms with Gasteiger partial charge >= 0.3 is 0 Å². The molecule has 1 spiro atoms. The molecule has 3 aromatic carbocycles. The van der Waals surface area contributed by atoms with Crippen LogP contribution < -0.4 is 9.47 Å². The van der Waals surface area contributed by atoms with Crippen molar-refractivity contribution >= 4 is 11.1 Å². The van der Waals surface area contributed by atoms with Crippen LogP contribution in [0, 0.1) is 10.3 Å². The molecule has 2 fully saturated rings. The summed E-state index contributed by atoms with van der Waals surface area (Å²) in [5, 5.41) is 3.11. The monoisotopic (exact) mass is 524 g/mol. The molecule has 0 atom stereocenters. The van der Waals surface area contributed by atoms with Crippen molar-refractivity contribution in [1.82, 2.24) is 4.90 Å². The molecule has 0 amide bonds. The van der Waals surface area contributed by atoms with Crippen LogP contribution in [0.5, 0.6) is 11.5 Å². The van der Waals surface area contributed by atoms with Crippen LogP contribution in [-0.2, 0) is 0 Å². The summed E-state index contributed by atoms with van der Waals surface area (Å²) >= 11 is 0. The highest BCUT2D eigenvalue weighted by Crippen LogP contribution is 2.45. The highest BCUT2D eigenvalue weighted by molar-refractivity contribution is 5.98. The molecule has 1 aliphatic carbocycles. The van der Waals surface area contributed by atoms with Crippen molar-refractivity contribution in [2.75, 3.05) is 39.9 Å². The Morgan fingerprint density at radius 2 is 1.51 bits per heavy atom. The van der Waals surface area contributed by atoms with Crippen LogP contribution >= 0.6 is 0 Å². The third kappa shape index (κ3) is 6.77. The molecule has 0 unspecified atom stereocenters. The smallest absolute Gasteiger partial charge is 0.119 e. The van der Waals surface area contributed by atoms with E-state index in [1.165, 1.54) is 50.8 Å². The van der Waals surface area contributed by atoms with Gasteiger partial charge in [0.1, 0.15) is 18.1 Å². The van der Waals surface area contributed by atoms with Gasteiger partial charge in [0.2, 0.25) is 0 Å². The van der Waals surface area contributed by atoms with E-state index in [1.807, 2.05) is 18.2 Å². The minimum atomic E-state index is 0.303. The number of allylic oxidation sites excluding steroid dienone is 1. The lowest BCUT2D eigenvalue weighted by molar-refractivity contribution is 0.213. The summed E-state index contributed by atoms with van der Waals surface area (Å²) < 4.78 is 11.6. The Morgan fingerprint density at radius 1 is 0.846 bits per heavy atom. The molecule has 39 heavy (non-hydrogen) atoms.